The van der Waals surface area contributed by atoms with Crippen LogP contribution in [0.3, 0.4) is 0 Å². The van der Waals surface area contributed by atoms with Crippen molar-refractivity contribution in [3.63, 3.8) is 0 Å². The lowest BCUT2D eigenvalue weighted by Crippen LogP contribution is -2.38. The van der Waals surface area contributed by atoms with Crippen molar-refractivity contribution in [3.8, 4) is 22.9 Å². The van der Waals surface area contributed by atoms with Gasteiger partial charge in [0.25, 0.3) is 0 Å². The SMILES string of the molecule is Cc1ccc2c(NC[C@@H](O)C3CC3)cccc2c1Oc1ncccc1-c1ccnc(NC2CCCNC2)n1.Cl. The van der Waals surface area contributed by atoms with E-state index in [1.807, 2.05) is 37.3 Å². The van der Waals surface area contributed by atoms with Gasteiger partial charge in [-0.05, 0) is 74.9 Å². The number of aliphatic hydroxyl groups is 1. The maximum Gasteiger partial charge on any atom is 0.228 e. The molecule has 0 radical (unpaired) electrons. The highest BCUT2D eigenvalue weighted by atomic mass is 35.5. The van der Waals surface area contributed by atoms with E-state index in [0.29, 0.717) is 30.3 Å². The molecule has 8 nitrogen and oxygen atoms in total. The molecule has 4 aromatic rings. The molecule has 1 aliphatic carbocycles. The lowest BCUT2D eigenvalue weighted by Gasteiger charge is -2.23. The number of fused-ring (bicyclic) bond motifs is 1. The molecule has 4 N–H and O–H groups in total. The lowest BCUT2D eigenvalue weighted by molar-refractivity contribution is 0.164. The molecule has 6 rings (SSSR count). The van der Waals surface area contributed by atoms with Crippen LogP contribution in [0.25, 0.3) is 22.0 Å². The smallest absolute Gasteiger partial charge is 0.228 e. The van der Waals surface area contributed by atoms with Crippen LogP contribution in [-0.2, 0) is 0 Å². The molecular formula is C30H35ClN6O2. The number of aromatic nitrogens is 3. The Balaban J connectivity index is 0.00000308. The minimum Gasteiger partial charge on any atom is -0.437 e. The highest BCUT2D eigenvalue weighted by molar-refractivity contribution is 5.98. The van der Waals surface area contributed by atoms with Gasteiger partial charge < -0.3 is 25.8 Å². The lowest BCUT2D eigenvalue weighted by atomic mass is 10.0. The zero-order valence-electron chi connectivity index (χ0n) is 22.1. The van der Waals surface area contributed by atoms with Gasteiger partial charge in [0.05, 0.1) is 17.4 Å². The van der Waals surface area contributed by atoms with Crippen LogP contribution in [0.2, 0.25) is 0 Å². The summed E-state index contributed by atoms with van der Waals surface area (Å²) < 4.78 is 6.55. The second-order valence-corrected chi connectivity index (χ2v) is 10.3. The number of ether oxygens (including phenoxy) is 1. The normalized spacial score (nSPS) is 17.7. The van der Waals surface area contributed by atoms with E-state index in [0.717, 1.165) is 77.8 Å². The molecule has 1 saturated carbocycles. The van der Waals surface area contributed by atoms with Crippen LogP contribution >= 0.6 is 12.4 Å². The summed E-state index contributed by atoms with van der Waals surface area (Å²) in [6.45, 7) is 4.55. The van der Waals surface area contributed by atoms with Crippen LogP contribution in [0.4, 0.5) is 11.6 Å². The summed E-state index contributed by atoms with van der Waals surface area (Å²) in [4.78, 5) is 13.8. The van der Waals surface area contributed by atoms with E-state index in [1.54, 1.807) is 12.4 Å². The highest BCUT2D eigenvalue weighted by Gasteiger charge is 2.29. The molecule has 1 unspecified atom stereocenters. The summed E-state index contributed by atoms with van der Waals surface area (Å²) in [6.07, 6.45) is 7.66. The number of piperidine rings is 1. The molecule has 39 heavy (non-hydrogen) atoms. The van der Waals surface area contributed by atoms with Gasteiger partial charge in [-0.25, -0.2) is 15.0 Å². The van der Waals surface area contributed by atoms with Gasteiger partial charge in [0.1, 0.15) is 5.75 Å². The Morgan fingerprint density at radius 3 is 2.74 bits per heavy atom. The second-order valence-electron chi connectivity index (χ2n) is 10.3. The first kappa shape index (κ1) is 27.1. The molecular weight excluding hydrogens is 512 g/mol. The maximum absolute atomic E-state index is 10.4. The molecule has 1 aliphatic heterocycles. The molecule has 0 bridgehead atoms. The Bertz CT molecular complexity index is 1420. The third-order valence-electron chi connectivity index (χ3n) is 7.41. The number of benzene rings is 2. The molecule has 1 saturated heterocycles. The van der Waals surface area contributed by atoms with Crippen molar-refractivity contribution in [1.82, 2.24) is 20.3 Å². The van der Waals surface area contributed by atoms with Crippen LogP contribution in [0, 0.1) is 12.8 Å². The van der Waals surface area contributed by atoms with Crippen molar-refractivity contribution in [2.45, 2.75) is 44.8 Å². The van der Waals surface area contributed by atoms with E-state index in [2.05, 4.69) is 44.1 Å². The third kappa shape index (κ3) is 6.24. The Morgan fingerprint density at radius 2 is 1.92 bits per heavy atom. The average Bonchev–Trinajstić information content (AvgIpc) is 3.80. The fraction of sp³-hybridized carbons (Fsp3) is 0.367. The van der Waals surface area contributed by atoms with Gasteiger partial charge in [-0.2, -0.15) is 0 Å². The fourth-order valence-electron chi connectivity index (χ4n) is 5.09. The number of halogens is 1. The van der Waals surface area contributed by atoms with E-state index in [4.69, 9.17) is 9.72 Å². The van der Waals surface area contributed by atoms with Crippen LogP contribution < -0.4 is 20.7 Å². The fourth-order valence-corrected chi connectivity index (χ4v) is 5.09. The van der Waals surface area contributed by atoms with Gasteiger partial charge in [-0.1, -0.05) is 24.3 Å². The molecule has 2 atom stereocenters. The van der Waals surface area contributed by atoms with Gasteiger partial charge >= 0.3 is 0 Å². The largest absolute Gasteiger partial charge is 0.437 e. The molecule has 204 valence electrons. The Morgan fingerprint density at radius 1 is 1.03 bits per heavy atom. The first-order valence-corrected chi connectivity index (χ1v) is 13.5. The molecule has 3 heterocycles. The molecule has 2 aromatic carbocycles. The third-order valence-corrected chi connectivity index (χ3v) is 7.41. The standard InChI is InChI=1S/C30H34N6O2.ClH/c1-19-9-12-22-23(6-2-8-25(22)34-18-27(37)20-10-11-20)28(19)38-29-24(7-4-15-32-29)26-13-16-33-30(36-26)35-21-5-3-14-31-17-21;/h2,4,6-9,12-13,15-16,20-21,27,31,34,37H,3,5,10-11,14,17-18H2,1H3,(H,33,35,36);1H/t21?,27-;/m1./s1. The summed E-state index contributed by atoms with van der Waals surface area (Å²) >= 11 is 0. The van der Waals surface area contributed by atoms with Crippen LogP contribution in [-0.4, -0.2) is 51.8 Å². The zero-order chi connectivity index (χ0) is 25.9. The summed E-state index contributed by atoms with van der Waals surface area (Å²) in [5.74, 6) is 2.29. The molecule has 2 fully saturated rings. The van der Waals surface area contributed by atoms with Gasteiger partial charge in [-0.15, -0.1) is 12.4 Å². The topological polar surface area (TPSA) is 104 Å². The first-order chi connectivity index (χ1) is 18.7. The second kappa shape index (κ2) is 12.2. The molecule has 2 aromatic heterocycles. The number of pyridine rings is 1. The summed E-state index contributed by atoms with van der Waals surface area (Å²) in [6, 6.07) is 16.4. The predicted octanol–water partition coefficient (Wildman–Crippen LogP) is 5.56. The van der Waals surface area contributed by atoms with Crippen molar-refractivity contribution >= 4 is 34.8 Å². The summed E-state index contributed by atoms with van der Waals surface area (Å²) in [5.41, 5.74) is 3.55. The number of nitrogens with zero attached hydrogens (tertiary/aromatic N) is 3. The van der Waals surface area contributed by atoms with E-state index < -0.39 is 0 Å². The monoisotopic (exact) mass is 546 g/mol. The predicted molar refractivity (Wildman–Crippen MR) is 158 cm³/mol. The molecule has 2 aliphatic rings. The number of rotatable bonds is 9. The Labute approximate surface area is 235 Å². The van der Waals surface area contributed by atoms with Crippen LogP contribution in [0.15, 0.2) is 60.9 Å². The molecule has 9 heteroatoms. The zero-order valence-corrected chi connectivity index (χ0v) is 22.9. The van der Waals surface area contributed by atoms with Crippen LogP contribution in [0.5, 0.6) is 11.6 Å². The number of aliphatic hydroxyl groups excluding tert-OH is 1. The van der Waals surface area contributed by atoms with Gasteiger partial charge in [0.15, 0.2) is 0 Å². The minimum absolute atomic E-state index is 0. The van der Waals surface area contributed by atoms with Gasteiger partial charge in [-0.3, -0.25) is 0 Å². The number of hydrogen-bond donors (Lipinski definition) is 4. The number of nitrogens with one attached hydrogen (secondary N) is 3. The molecule has 0 spiro atoms. The van der Waals surface area contributed by atoms with Crippen molar-refractivity contribution in [2.75, 3.05) is 30.3 Å². The van der Waals surface area contributed by atoms with Gasteiger partial charge in [0.2, 0.25) is 11.8 Å². The number of hydrogen-bond acceptors (Lipinski definition) is 8. The van der Waals surface area contributed by atoms with Crippen molar-refractivity contribution in [3.05, 3.63) is 66.5 Å². The highest BCUT2D eigenvalue weighted by Crippen LogP contribution is 2.39. The summed E-state index contributed by atoms with van der Waals surface area (Å²) in [7, 11) is 0. The van der Waals surface area contributed by atoms with E-state index >= 15 is 0 Å². The molecule has 0 amide bonds. The van der Waals surface area contributed by atoms with E-state index in [-0.39, 0.29) is 18.5 Å². The van der Waals surface area contributed by atoms with Crippen molar-refractivity contribution < 1.29 is 9.84 Å². The van der Waals surface area contributed by atoms with Crippen molar-refractivity contribution in [2.24, 2.45) is 5.92 Å². The Hall–Kier alpha value is -3.46. The van der Waals surface area contributed by atoms with E-state index in [1.165, 1.54) is 0 Å². The van der Waals surface area contributed by atoms with Crippen molar-refractivity contribution in [1.29, 1.82) is 0 Å². The van der Waals surface area contributed by atoms with Gasteiger partial charge in [0, 0.05) is 48.0 Å². The first-order valence-electron chi connectivity index (χ1n) is 13.5. The number of aryl methyl sites for hydroxylation is 1. The summed E-state index contributed by atoms with van der Waals surface area (Å²) in [5, 5.41) is 22.7. The minimum atomic E-state index is -0.316. The average molecular weight is 547 g/mol. The Kier molecular flexibility index (Phi) is 8.45. The maximum atomic E-state index is 10.4. The quantitative estimate of drug-likeness (QED) is 0.216. The number of anilines is 2. The van der Waals surface area contributed by atoms with Crippen LogP contribution in [0.1, 0.15) is 31.2 Å². The van der Waals surface area contributed by atoms with E-state index in [9.17, 15) is 5.11 Å².